The topological polar surface area (TPSA) is 9.23 Å². The highest BCUT2D eigenvalue weighted by Crippen LogP contribution is 2.33. The zero-order valence-corrected chi connectivity index (χ0v) is 10.2. The lowest BCUT2D eigenvalue weighted by Crippen LogP contribution is -2.20. The number of fused-ring (bicyclic) bond motifs is 1. The molecular weight excluding hydrogens is 240 g/mol. The van der Waals surface area contributed by atoms with E-state index in [0.717, 1.165) is 17.7 Å². The van der Waals surface area contributed by atoms with Gasteiger partial charge in [0.15, 0.2) is 0 Å². The van der Waals surface area contributed by atoms with Crippen LogP contribution in [0, 0.1) is 5.92 Å². The molecule has 1 aliphatic heterocycles. The van der Waals surface area contributed by atoms with Crippen molar-refractivity contribution in [2.24, 2.45) is 5.92 Å². The van der Waals surface area contributed by atoms with Crippen molar-refractivity contribution in [3.63, 3.8) is 0 Å². The normalized spacial score (nSPS) is 21.0. The molecule has 0 amide bonds. The minimum atomic E-state index is 0.562. The summed E-state index contributed by atoms with van der Waals surface area (Å²) in [4.78, 5) is 0. The SMILES string of the molecule is CC(C)[C@H]1COCc2cc(Br)ccc21. The number of hydrogen-bond acceptors (Lipinski definition) is 1. The Kier molecular flexibility index (Phi) is 2.93. The van der Waals surface area contributed by atoms with Crippen LogP contribution in [-0.4, -0.2) is 6.61 Å². The molecule has 0 saturated carbocycles. The molecule has 0 spiro atoms. The fourth-order valence-corrected chi connectivity index (χ4v) is 2.41. The first kappa shape index (κ1) is 10.2. The van der Waals surface area contributed by atoms with E-state index in [0.29, 0.717) is 11.8 Å². The van der Waals surface area contributed by atoms with Gasteiger partial charge in [0.25, 0.3) is 0 Å². The van der Waals surface area contributed by atoms with Crippen molar-refractivity contribution in [1.82, 2.24) is 0 Å². The van der Waals surface area contributed by atoms with Crippen molar-refractivity contribution < 1.29 is 4.74 Å². The van der Waals surface area contributed by atoms with E-state index in [1.165, 1.54) is 11.1 Å². The van der Waals surface area contributed by atoms with Gasteiger partial charge in [-0.2, -0.15) is 0 Å². The second kappa shape index (κ2) is 4.03. The van der Waals surface area contributed by atoms with E-state index in [-0.39, 0.29) is 0 Å². The smallest absolute Gasteiger partial charge is 0.0720 e. The number of rotatable bonds is 1. The van der Waals surface area contributed by atoms with Crippen molar-refractivity contribution in [2.75, 3.05) is 6.61 Å². The summed E-state index contributed by atoms with van der Waals surface area (Å²) < 4.78 is 6.75. The molecule has 0 radical (unpaired) electrons. The third kappa shape index (κ3) is 1.86. The second-order valence-corrected chi connectivity index (χ2v) is 5.12. The zero-order chi connectivity index (χ0) is 10.1. The van der Waals surface area contributed by atoms with E-state index in [4.69, 9.17) is 4.74 Å². The highest BCUT2D eigenvalue weighted by Gasteiger charge is 2.23. The predicted octanol–water partition coefficient (Wildman–Crippen LogP) is 3.72. The van der Waals surface area contributed by atoms with Crippen LogP contribution in [-0.2, 0) is 11.3 Å². The van der Waals surface area contributed by atoms with Crippen molar-refractivity contribution in [1.29, 1.82) is 0 Å². The average Bonchev–Trinajstić information content (AvgIpc) is 2.16. The summed E-state index contributed by atoms with van der Waals surface area (Å²) in [6, 6.07) is 6.52. The predicted molar refractivity (Wildman–Crippen MR) is 61.4 cm³/mol. The van der Waals surface area contributed by atoms with Crippen LogP contribution < -0.4 is 0 Å². The Hall–Kier alpha value is -0.340. The maximum Gasteiger partial charge on any atom is 0.0720 e. The minimum absolute atomic E-state index is 0.562. The summed E-state index contributed by atoms with van der Waals surface area (Å²) in [5.74, 6) is 1.21. The molecule has 0 aromatic heterocycles. The van der Waals surface area contributed by atoms with Crippen LogP contribution in [0.15, 0.2) is 22.7 Å². The largest absolute Gasteiger partial charge is 0.376 e. The van der Waals surface area contributed by atoms with Gasteiger partial charge in [-0.1, -0.05) is 35.8 Å². The Labute approximate surface area is 93.6 Å². The van der Waals surface area contributed by atoms with Crippen LogP contribution in [0.3, 0.4) is 0 Å². The molecule has 1 aliphatic rings. The van der Waals surface area contributed by atoms with E-state index in [1.807, 2.05) is 0 Å². The Balaban J connectivity index is 2.40. The molecular formula is C12H15BrO. The summed E-state index contributed by atoms with van der Waals surface area (Å²) in [7, 11) is 0. The Morgan fingerprint density at radius 1 is 1.43 bits per heavy atom. The van der Waals surface area contributed by atoms with Crippen molar-refractivity contribution >= 4 is 15.9 Å². The van der Waals surface area contributed by atoms with Gasteiger partial charge in [-0.15, -0.1) is 0 Å². The van der Waals surface area contributed by atoms with E-state index in [1.54, 1.807) is 0 Å². The molecule has 2 rings (SSSR count). The van der Waals surface area contributed by atoms with Gasteiger partial charge < -0.3 is 4.74 Å². The molecule has 1 aromatic carbocycles. The maximum absolute atomic E-state index is 5.60. The van der Waals surface area contributed by atoms with Gasteiger partial charge in [-0.3, -0.25) is 0 Å². The first-order valence-electron chi connectivity index (χ1n) is 5.04. The monoisotopic (exact) mass is 254 g/mol. The van der Waals surface area contributed by atoms with Crippen molar-refractivity contribution in [2.45, 2.75) is 26.4 Å². The molecule has 0 bridgehead atoms. The molecule has 1 atom stereocenters. The number of ether oxygens (including phenoxy) is 1. The minimum Gasteiger partial charge on any atom is -0.376 e. The molecule has 0 unspecified atom stereocenters. The van der Waals surface area contributed by atoms with Crippen molar-refractivity contribution in [3.05, 3.63) is 33.8 Å². The number of halogens is 1. The Morgan fingerprint density at radius 2 is 2.21 bits per heavy atom. The van der Waals surface area contributed by atoms with Gasteiger partial charge in [0.05, 0.1) is 13.2 Å². The van der Waals surface area contributed by atoms with Gasteiger partial charge in [0.2, 0.25) is 0 Å². The third-order valence-corrected chi connectivity index (χ3v) is 3.36. The van der Waals surface area contributed by atoms with E-state index < -0.39 is 0 Å². The van der Waals surface area contributed by atoms with Crippen LogP contribution in [0.1, 0.15) is 30.9 Å². The van der Waals surface area contributed by atoms with Crippen LogP contribution >= 0.6 is 15.9 Å². The van der Waals surface area contributed by atoms with Crippen LogP contribution in [0.2, 0.25) is 0 Å². The molecule has 0 N–H and O–H groups in total. The lowest BCUT2D eigenvalue weighted by molar-refractivity contribution is 0.0792. The lowest BCUT2D eigenvalue weighted by Gasteiger charge is -2.28. The highest BCUT2D eigenvalue weighted by molar-refractivity contribution is 9.10. The quantitative estimate of drug-likeness (QED) is 0.743. The summed E-state index contributed by atoms with van der Waals surface area (Å²) in [6.45, 7) is 6.14. The lowest BCUT2D eigenvalue weighted by atomic mass is 9.85. The molecule has 76 valence electrons. The fraction of sp³-hybridized carbons (Fsp3) is 0.500. The van der Waals surface area contributed by atoms with Gasteiger partial charge in [-0.25, -0.2) is 0 Å². The molecule has 0 fully saturated rings. The van der Waals surface area contributed by atoms with Crippen molar-refractivity contribution in [3.8, 4) is 0 Å². The summed E-state index contributed by atoms with van der Waals surface area (Å²) >= 11 is 3.49. The maximum atomic E-state index is 5.60. The molecule has 0 saturated heterocycles. The standard InChI is InChI=1S/C12H15BrO/c1-8(2)12-7-14-6-9-5-10(13)3-4-11(9)12/h3-5,8,12H,6-7H2,1-2H3/t12-/m1/s1. The third-order valence-electron chi connectivity index (χ3n) is 2.86. The van der Waals surface area contributed by atoms with E-state index in [9.17, 15) is 0 Å². The first-order chi connectivity index (χ1) is 6.68. The molecule has 1 heterocycles. The number of hydrogen-bond donors (Lipinski definition) is 0. The average molecular weight is 255 g/mol. The van der Waals surface area contributed by atoms with Gasteiger partial charge in [-0.05, 0) is 29.2 Å². The van der Waals surface area contributed by atoms with Crippen LogP contribution in [0.25, 0.3) is 0 Å². The van der Waals surface area contributed by atoms with Gasteiger partial charge >= 0.3 is 0 Å². The second-order valence-electron chi connectivity index (χ2n) is 4.21. The zero-order valence-electron chi connectivity index (χ0n) is 8.59. The molecule has 1 nitrogen and oxygen atoms in total. The van der Waals surface area contributed by atoms with Crippen LogP contribution in [0.4, 0.5) is 0 Å². The highest BCUT2D eigenvalue weighted by atomic mass is 79.9. The summed E-state index contributed by atoms with van der Waals surface area (Å²) in [5, 5.41) is 0. The first-order valence-corrected chi connectivity index (χ1v) is 5.84. The van der Waals surface area contributed by atoms with Gasteiger partial charge in [0, 0.05) is 10.4 Å². The Bertz CT molecular complexity index is 333. The van der Waals surface area contributed by atoms with Crippen LogP contribution in [0.5, 0.6) is 0 Å². The Morgan fingerprint density at radius 3 is 2.93 bits per heavy atom. The fourth-order valence-electron chi connectivity index (χ4n) is 2.00. The van der Waals surface area contributed by atoms with Gasteiger partial charge in [0.1, 0.15) is 0 Å². The van der Waals surface area contributed by atoms with E-state index >= 15 is 0 Å². The number of benzene rings is 1. The molecule has 2 heteroatoms. The molecule has 14 heavy (non-hydrogen) atoms. The molecule has 0 aliphatic carbocycles. The molecule has 1 aromatic rings. The van der Waals surface area contributed by atoms with E-state index in [2.05, 4.69) is 48.0 Å². The summed E-state index contributed by atoms with van der Waals surface area (Å²) in [5.41, 5.74) is 2.80. The summed E-state index contributed by atoms with van der Waals surface area (Å²) in [6.07, 6.45) is 0.